The Balaban J connectivity index is 1.27. The maximum absolute atomic E-state index is 12.3. The molecular formula is C26H30N6O2. The average molecular weight is 459 g/mol. The van der Waals surface area contributed by atoms with E-state index in [-0.39, 0.29) is 5.91 Å². The number of nitrogens with zero attached hydrogens (tertiary/aromatic N) is 6. The van der Waals surface area contributed by atoms with Crippen LogP contribution in [-0.4, -0.2) is 56.6 Å². The molecule has 0 radical (unpaired) electrons. The van der Waals surface area contributed by atoms with Gasteiger partial charge in [0.1, 0.15) is 17.9 Å². The summed E-state index contributed by atoms with van der Waals surface area (Å²) in [4.78, 5) is 21.3. The zero-order valence-electron chi connectivity index (χ0n) is 19.6. The Hall–Kier alpha value is -3.68. The van der Waals surface area contributed by atoms with Gasteiger partial charge in [-0.3, -0.25) is 9.20 Å². The minimum atomic E-state index is 0.286. The van der Waals surface area contributed by atoms with Crippen molar-refractivity contribution in [3.63, 3.8) is 0 Å². The number of hydrogen-bond acceptors (Lipinski definition) is 6. The molecule has 1 aliphatic rings. The molecule has 8 heteroatoms. The smallest absolute Gasteiger partial charge is 0.222 e. The third kappa shape index (κ3) is 4.66. The molecule has 0 atom stereocenters. The predicted octanol–water partition coefficient (Wildman–Crippen LogP) is 4.01. The number of benzene rings is 1. The lowest BCUT2D eigenvalue weighted by Crippen LogP contribution is -2.48. The summed E-state index contributed by atoms with van der Waals surface area (Å²) in [5, 5.41) is 8.49. The van der Waals surface area contributed by atoms with Crippen LogP contribution in [0.25, 0.3) is 16.8 Å². The first-order valence-corrected chi connectivity index (χ1v) is 12.1. The predicted molar refractivity (Wildman–Crippen MR) is 131 cm³/mol. The van der Waals surface area contributed by atoms with Crippen molar-refractivity contribution < 1.29 is 9.21 Å². The first kappa shape index (κ1) is 22.1. The standard InChI is InChI=1S/C26H30N6O2/c1-2-3-6-25(33)31-15-13-30(14-16-31)21-9-7-20(8-10-21)23-18-27-24(32-19-28-29-26(23)32)12-11-22-5-4-17-34-22/h4-5,7-10,17-19H,2-3,6,11-16H2,1H3. The monoisotopic (exact) mass is 458 g/mol. The summed E-state index contributed by atoms with van der Waals surface area (Å²) in [6, 6.07) is 12.4. The number of amides is 1. The van der Waals surface area contributed by atoms with Gasteiger partial charge in [-0.05, 0) is 36.2 Å². The van der Waals surface area contributed by atoms with Crippen molar-refractivity contribution in [3.05, 3.63) is 66.8 Å². The van der Waals surface area contributed by atoms with E-state index in [1.807, 2.05) is 27.6 Å². The Morgan fingerprint density at radius 1 is 1.06 bits per heavy atom. The van der Waals surface area contributed by atoms with Crippen LogP contribution in [0.3, 0.4) is 0 Å². The molecule has 1 aliphatic heterocycles. The van der Waals surface area contributed by atoms with Crippen LogP contribution < -0.4 is 4.90 Å². The van der Waals surface area contributed by atoms with Crippen LogP contribution >= 0.6 is 0 Å². The van der Waals surface area contributed by atoms with Crippen LogP contribution in [0.5, 0.6) is 0 Å². The third-order valence-corrected chi connectivity index (χ3v) is 6.50. The van der Waals surface area contributed by atoms with Crippen LogP contribution in [-0.2, 0) is 17.6 Å². The minimum absolute atomic E-state index is 0.286. The summed E-state index contributed by atoms with van der Waals surface area (Å²) in [6.45, 7) is 5.41. The molecule has 176 valence electrons. The number of furan rings is 1. The SMILES string of the molecule is CCCCC(=O)N1CCN(c2ccc(-c3cnc(CCc4ccco4)n4cnnc34)cc2)CC1. The van der Waals surface area contributed by atoms with Crippen molar-refractivity contribution >= 4 is 17.2 Å². The number of hydrogen-bond donors (Lipinski definition) is 0. The topological polar surface area (TPSA) is 79.8 Å². The number of fused-ring (bicyclic) bond motifs is 1. The van der Waals surface area contributed by atoms with Crippen molar-refractivity contribution in [1.82, 2.24) is 24.5 Å². The normalized spacial score (nSPS) is 14.1. The lowest BCUT2D eigenvalue weighted by Gasteiger charge is -2.36. The Morgan fingerprint density at radius 2 is 1.88 bits per heavy atom. The highest BCUT2D eigenvalue weighted by Gasteiger charge is 2.21. The Morgan fingerprint density at radius 3 is 2.62 bits per heavy atom. The average Bonchev–Trinajstić information content (AvgIpc) is 3.59. The zero-order chi connectivity index (χ0) is 23.3. The fourth-order valence-corrected chi connectivity index (χ4v) is 4.50. The van der Waals surface area contributed by atoms with Crippen LogP contribution in [0, 0.1) is 0 Å². The molecule has 0 N–H and O–H groups in total. The zero-order valence-corrected chi connectivity index (χ0v) is 19.6. The second kappa shape index (κ2) is 10.1. The van der Waals surface area contributed by atoms with Crippen LogP contribution in [0.15, 0.2) is 59.6 Å². The molecule has 1 saturated heterocycles. The largest absolute Gasteiger partial charge is 0.469 e. The van der Waals surface area contributed by atoms with Crippen molar-refractivity contribution in [3.8, 4) is 11.1 Å². The van der Waals surface area contributed by atoms with Crippen molar-refractivity contribution in [2.75, 3.05) is 31.1 Å². The van der Waals surface area contributed by atoms with Crippen LogP contribution in [0.2, 0.25) is 0 Å². The molecule has 0 unspecified atom stereocenters. The molecule has 1 fully saturated rings. The van der Waals surface area contributed by atoms with E-state index in [4.69, 9.17) is 9.40 Å². The van der Waals surface area contributed by atoms with Crippen molar-refractivity contribution in [2.45, 2.75) is 39.0 Å². The fourth-order valence-electron chi connectivity index (χ4n) is 4.50. The number of piperazine rings is 1. The molecule has 5 rings (SSSR count). The summed E-state index contributed by atoms with van der Waals surface area (Å²) in [5.74, 6) is 2.13. The molecule has 0 bridgehead atoms. The molecule has 0 aliphatic carbocycles. The first-order valence-electron chi connectivity index (χ1n) is 12.1. The lowest BCUT2D eigenvalue weighted by atomic mass is 10.1. The quantitative estimate of drug-likeness (QED) is 0.397. The van der Waals surface area contributed by atoms with Gasteiger partial charge in [0.05, 0.1) is 6.26 Å². The molecule has 34 heavy (non-hydrogen) atoms. The summed E-state index contributed by atoms with van der Waals surface area (Å²) in [6.07, 6.45) is 9.51. The van der Waals surface area contributed by atoms with Gasteiger partial charge in [0, 0.05) is 62.9 Å². The maximum atomic E-state index is 12.3. The van der Waals surface area contributed by atoms with Gasteiger partial charge in [0.15, 0.2) is 5.65 Å². The van der Waals surface area contributed by atoms with E-state index >= 15 is 0 Å². The first-order chi connectivity index (χ1) is 16.7. The minimum Gasteiger partial charge on any atom is -0.469 e. The van der Waals surface area contributed by atoms with E-state index in [0.29, 0.717) is 6.42 Å². The van der Waals surface area contributed by atoms with Gasteiger partial charge >= 0.3 is 0 Å². The fraction of sp³-hybridized carbons (Fsp3) is 0.385. The maximum Gasteiger partial charge on any atom is 0.222 e. The molecule has 8 nitrogen and oxygen atoms in total. The molecule has 4 heterocycles. The number of carbonyl (C=O) groups is 1. The molecule has 0 spiro atoms. The summed E-state index contributed by atoms with van der Waals surface area (Å²) < 4.78 is 7.40. The number of anilines is 1. The molecule has 0 saturated carbocycles. The summed E-state index contributed by atoms with van der Waals surface area (Å²) in [7, 11) is 0. The number of rotatable bonds is 8. The highest BCUT2D eigenvalue weighted by molar-refractivity contribution is 5.78. The van der Waals surface area contributed by atoms with Gasteiger partial charge in [0.25, 0.3) is 0 Å². The van der Waals surface area contributed by atoms with E-state index < -0.39 is 0 Å². The van der Waals surface area contributed by atoms with Crippen LogP contribution in [0.1, 0.15) is 37.8 Å². The van der Waals surface area contributed by atoms with Crippen LogP contribution in [0.4, 0.5) is 5.69 Å². The molecule has 4 aromatic rings. The number of unbranched alkanes of at least 4 members (excludes halogenated alkanes) is 1. The number of aromatic nitrogens is 4. The van der Waals surface area contributed by atoms with Gasteiger partial charge in [-0.1, -0.05) is 25.5 Å². The Labute approximate surface area is 199 Å². The summed E-state index contributed by atoms with van der Waals surface area (Å²) >= 11 is 0. The van der Waals surface area contributed by atoms with Gasteiger partial charge in [-0.2, -0.15) is 0 Å². The van der Waals surface area contributed by atoms with E-state index in [1.165, 1.54) is 5.69 Å². The van der Waals surface area contributed by atoms with E-state index in [0.717, 1.165) is 80.2 Å². The molecule has 1 amide bonds. The molecule has 3 aromatic heterocycles. The Bertz CT molecular complexity index is 1220. The van der Waals surface area contributed by atoms with E-state index in [2.05, 4.69) is 46.3 Å². The molecule has 1 aromatic carbocycles. The number of aryl methyl sites for hydroxylation is 2. The van der Waals surface area contributed by atoms with Crippen molar-refractivity contribution in [2.24, 2.45) is 0 Å². The second-order valence-electron chi connectivity index (χ2n) is 8.71. The lowest BCUT2D eigenvalue weighted by molar-refractivity contribution is -0.131. The van der Waals surface area contributed by atoms with Gasteiger partial charge in [0.2, 0.25) is 5.91 Å². The van der Waals surface area contributed by atoms with Crippen molar-refractivity contribution in [1.29, 1.82) is 0 Å². The van der Waals surface area contributed by atoms with E-state index in [9.17, 15) is 4.79 Å². The second-order valence-corrected chi connectivity index (χ2v) is 8.71. The Kier molecular flexibility index (Phi) is 6.56. The van der Waals surface area contributed by atoms with E-state index in [1.54, 1.807) is 12.6 Å². The van der Waals surface area contributed by atoms with Gasteiger partial charge in [-0.25, -0.2) is 4.98 Å². The number of carbonyl (C=O) groups excluding carboxylic acids is 1. The molecular weight excluding hydrogens is 428 g/mol. The van der Waals surface area contributed by atoms with Gasteiger partial charge in [-0.15, -0.1) is 10.2 Å². The van der Waals surface area contributed by atoms with Gasteiger partial charge < -0.3 is 14.2 Å². The highest BCUT2D eigenvalue weighted by atomic mass is 16.3. The third-order valence-electron chi connectivity index (χ3n) is 6.50. The highest BCUT2D eigenvalue weighted by Crippen LogP contribution is 2.27. The summed E-state index contributed by atoms with van der Waals surface area (Å²) in [5.41, 5.74) is 3.98.